The lowest BCUT2D eigenvalue weighted by Crippen LogP contribution is -2.46. The molecule has 0 saturated carbocycles. The molecule has 1 unspecified atom stereocenters. The SMILES string of the molecule is CNCC1CNC(=O)CO1. The molecule has 0 aromatic heterocycles. The lowest BCUT2D eigenvalue weighted by molar-refractivity contribution is -0.132. The summed E-state index contributed by atoms with van der Waals surface area (Å²) < 4.78 is 5.16. The summed E-state index contributed by atoms with van der Waals surface area (Å²) in [6.07, 6.45) is 0.141. The largest absolute Gasteiger partial charge is 0.365 e. The third kappa shape index (κ3) is 1.97. The van der Waals surface area contributed by atoms with Gasteiger partial charge in [0.2, 0.25) is 5.91 Å². The Balaban J connectivity index is 2.19. The number of ether oxygens (including phenoxy) is 1. The zero-order valence-corrected chi connectivity index (χ0v) is 6.02. The Kier molecular flexibility index (Phi) is 2.65. The van der Waals surface area contributed by atoms with Gasteiger partial charge in [-0.3, -0.25) is 4.79 Å². The molecule has 0 radical (unpaired) electrons. The van der Waals surface area contributed by atoms with Crippen LogP contribution in [-0.2, 0) is 9.53 Å². The summed E-state index contributed by atoms with van der Waals surface area (Å²) in [5.74, 6) is -0.0210. The molecule has 0 spiro atoms. The van der Waals surface area contributed by atoms with Gasteiger partial charge in [0.15, 0.2) is 0 Å². The minimum Gasteiger partial charge on any atom is -0.365 e. The Morgan fingerprint density at radius 3 is 3.20 bits per heavy atom. The maximum atomic E-state index is 10.6. The fraction of sp³-hybridized carbons (Fsp3) is 0.833. The van der Waals surface area contributed by atoms with Crippen molar-refractivity contribution in [3.05, 3.63) is 0 Å². The molecule has 1 atom stereocenters. The van der Waals surface area contributed by atoms with Crippen LogP contribution in [0.4, 0.5) is 0 Å². The molecule has 1 rings (SSSR count). The zero-order chi connectivity index (χ0) is 7.40. The third-order valence-corrected chi connectivity index (χ3v) is 1.41. The Hall–Kier alpha value is -0.610. The Morgan fingerprint density at radius 2 is 2.70 bits per heavy atom. The fourth-order valence-corrected chi connectivity index (χ4v) is 0.890. The van der Waals surface area contributed by atoms with Crippen molar-refractivity contribution in [2.45, 2.75) is 6.10 Å². The van der Waals surface area contributed by atoms with Gasteiger partial charge in [0.1, 0.15) is 6.61 Å². The molecule has 58 valence electrons. The van der Waals surface area contributed by atoms with Crippen molar-refractivity contribution in [1.29, 1.82) is 0 Å². The van der Waals surface area contributed by atoms with E-state index >= 15 is 0 Å². The normalized spacial score (nSPS) is 26.1. The van der Waals surface area contributed by atoms with E-state index in [4.69, 9.17) is 4.74 Å². The van der Waals surface area contributed by atoms with Crippen molar-refractivity contribution in [2.24, 2.45) is 0 Å². The third-order valence-electron chi connectivity index (χ3n) is 1.41. The van der Waals surface area contributed by atoms with Crippen LogP contribution in [0.1, 0.15) is 0 Å². The molecule has 1 aliphatic rings. The van der Waals surface area contributed by atoms with Gasteiger partial charge in [0.25, 0.3) is 0 Å². The van der Waals surface area contributed by atoms with Crippen molar-refractivity contribution in [2.75, 3.05) is 26.7 Å². The Morgan fingerprint density at radius 1 is 1.90 bits per heavy atom. The monoisotopic (exact) mass is 144 g/mol. The highest BCUT2D eigenvalue weighted by molar-refractivity contribution is 5.77. The van der Waals surface area contributed by atoms with Gasteiger partial charge in [-0.15, -0.1) is 0 Å². The van der Waals surface area contributed by atoms with Gasteiger partial charge in [0.05, 0.1) is 6.10 Å². The summed E-state index contributed by atoms with van der Waals surface area (Å²) >= 11 is 0. The molecule has 2 N–H and O–H groups in total. The summed E-state index contributed by atoms with van der Waals surface area (Å²) in [4.78, 5) is 10.6. The number of morpholine rings is 1. The number of likely N-dealkylation sites (N-methyl/N-ethyl adjacent to an activating group) is 1. The second-order valence-electron chi connectivity index (χ2n) is 2.29. The predicted octanol–water partition coefficient (Wildman–Crippen LogP) is -1.28. The van der Waals surface area contributed by atoms with Gasteiger partial charge < -0.3 is 15.4 Å². The molecule has 0 bridgehead atoms. The molecule has 1 amide bonds. The van der Waals surface area contributed by atoms with E-state index in [0.717, 1.165) is 6.54 Å². The predicted molar refractivity (Wildman–Crippen MR) is 36.7 cm³/mol. The highest BCUT2D eigenvalue weighted by Crippen LogP contribution is 1.93. The fourth-order valence-electron chi connectivity index (χ4n) is 0.890. The summed E-state index contributed by atoms with van der Waals surface area (Å²) in [6, 6.07) is 0. The molecule has 0 aromatic carbocycles. The van der Waals surface area contributed by atoms with Crippen LogP contribution in [0.5, 0.6) is 0 Å². The summed E-state index contributed by atoms with van der Waals surface area (Å²) in [5, 5.41) is 5.69. The first-order valence-corrected chi connectivity index (χ1v) is 3.36. The number of carbonyl (C=O) groups is 1. The molecule has 1 saturated heterocycles. The lowest BCUT2D eigenvalue weighted by atomic mass is 10.3. The topological polar surface area (TPSA) is 50.4 Å². The molecule has 1 heterocycles. The van der Waals surface area contributed by atoms with E-state index in [9.17, 15) is 4.79 Å². The number of nitrogens with one attached hydrogen (secondary N) is 2. The van der Waals surface area contributed by atoms with Crippen LogP contribution in [0, 0.1) is 0 Å². The van der Waals surface area contributed by atoms with E-state index in [1.54, 1.807) is 0 Å². The number of rotatable bonds is 2. The van der Waals surface area contributed by atoms with Crippen LogP contribution in [0.25, 0.3) is 0 Å². The van der Waals surface area contributed by atoms with E-state index in [1.807, 2.05) is 7.05 Å². The van der Waals surface area contributed by atoms with Crippen LogP contribution >= 0.6 is 0 Å². The van der Waals surface area contributed by atoms with E-state index in [2.05, 4.69) is 10.6 Å². The number of hydrogen-bond donors (Lipinski definition) is 2. The second-order valence-corrected chi connectivity index (χ2v) is 2.29. The standard InChI is InChI=1S/C6H12N2O2/c1-7-2-5-3-8-6(9)4-10-5/h5,7H,2-4H2,1H3,(H,8,9). The Bertz CT molecular complexity index is 117. The molecular formula is C6H12N2O2. The number of amides is 1. The van der Waals surface area contributed by atoms with Crippen LogP contribution in [-0.4, -0.2) is 38.8 Å². The molecule has 0 aromatic rings. The first-order chi connectivity index (χ1) is 4.83. The van der Waals surface area contributed by atoms with Gasteiger partial charge in [-0.1, -0.05) is 0 Å². The first kappa shape index (κ1) is 7.50. The van der Waals surface area contributed by atoms with Crippen molar-refractivity contribution >= 4 is 5.91 Å². The van der Waals surface area contributed by atoms with Gasteiger partial charge in [-0.25, -0.2) is 0 Å². The van der Waals surface area contributed by atoms with Gasteiger partial charge >= 0.3 is 0 Å². The quantitative estimate of drug-likeness (QED) is 0.507. The molecule has 0 aliphatic carbocycles. The second kappa shape index (κ2) is 3.53. The molecule has 1 fully saturated rings. The highest BCUT2D eigenvalue weighted by Gasteiger charge is 2.16. The molecular weight excluding hydrogens is 132 g/mol. The lowest BCUT2D eigenvalue weighted by Gasteiger charge is -2.22. The van der Waals surface area contributed by atoms with Crippen LogP contribution < -0.4 is 10.6 Å². The average Bonchev–Trinajstić information content (AvgIpc) is 1.95. The van der Waals surface area contributed by atoms with E-state index in [0.29, 0.717) is 6.54 Å². The summed E-state index contributed by atoms with van der Waals surface area (Å²) in [6.45, 7) is 1.62. The van der Waals surface area contributed by atoms with E-state index in [-0.39, 0.29) is 18.6 Å². The van der Waals surface area contributed by atoms with Crippen LogP contribution in [0.2, 0.25) is 0 Å². The maximum absolute atomic E-state index is 10.6. The number of carbonyl (C=O) groups excluding carboxylic acids is 1. The summed E-state index contributed by atoms with van der Waals surface area (Å²) in [5.41, 5.74) is 0. The van der Waals surface area contributed by atoms with Crippen LogP contribution in [0.3, 0.4) is 0 Å². The maximum Gasteiger partial charge on any atom is 0.246 e. The van der Waals surface area contributed by atoms with Gasteiger partial charge in [0, 0.05) is 13.1 Å². The van der Waals surface area contributed by atoms with Crippen molar-refractivity contribution in [3.63, 3.8) is 0 Å². The smallest absolute Gasteiger partial charge is 0.246 e. The van der Waals surface area contributed by atoms with Crippen LogP contribution in [0.15, 0.2) is 0 Å². The molecule has 4 nitrogen and oxygen atoms in total. The zero-order valence-electron chi connectivity index (χ0n) is 6.02. The van der Waals surface area contributed by atoms with E-state index < -0.39 is 0 Å². The molecule has 1 aliphatic heterocycles. The molecule has 4 heteroatoms. The molecule has 10 heavy (non-hydrogen) atoms. The summed E-state index contributed by atoms with van der Waals surface area (Å²) in [7, 11) is 1.86. The van der Waals surface area contributed by atoms with Crippen molar-refractivity contribution in [1.82, 2.24) is 10.6 Å². The van der Waals surface area contributed by atoms with Crippen molar-refractivity contribution < 1.29 is 9.53 Å². The minimum atomic E-state index is -0.0210. The highest BCUT2D eigenvalue weighted by atomic mass is 16.5. The van der Waals surface area contributed by atoms with Crippen molar-refractivity contribution in [3.8, 4) is 0 Å². The van der Waals surface area contributed by atoms with Gasteiger partial charge in [-0.2, -0.15) is 0 Å². The Labute approximate surface area is 59.9 Å². The average molecular weight is 144 g/mol. The van der Waals surface area contributed by atoms with Gasteiger partial charge in [-0.05, 0) is 7.05 Å². The number of hydrogen-bond acceptors (Lipinski definition) is 3. The first-order valence-electron chi connectivity index (χ1n) is 3.36. The minimum absolute atomic E-state index is 0.0210. The van der Waals surface area contributed by atoms with E-state index in [1.165, 1.54) is 0 Å².